The third-order valence-corrected chi connectivity index (χ3v) is 7.21. The van der Waals surface area contributed by atoms with Crippen LogP contribution in [0.25, 0.3) is 0 Å². The van der Waals surface area contributed by atoms with Crippen molar-refractivity contribution in [1.82, 2.24) is 9.58 Å². The van der Waals surface area contributed by atoms with E-state index < -0.39 is 16.7 Å². The van der Waals surface area contributed by atoms with Crippen molar-refractivity contribution in [1.29, 1.82) is 0 Å². The van der Waals surface area contributed by atoms with Crippen LogP contribution in [0.3, 0.4) is 0 Å². The zero-order valence-corrected chi connectivity index (χ0v) is 18.6. The van der Waals surface area contributed by atoms with Gasteiger partial charge in [0.1, 0.15) is 25.1 Å². The average Bonchev–Trinajstić information content (AvgIpc) is 2.85. The smallest absolute Gasteiger partial charge is 0.278 e. The Morgan fingerprint density at radius 2 is 1.74 bits per heavy atom. The molecule has 2 aromatic carbocycles. The Bertz CT molecular complexity index is 1340. The maximum atomic E-state index is 13.8. The molecule has 1 N–H and O–H groups in total. The van der Waals surface area contributed by atoms with Gasteiger partial charge in [-0.15, -0.1) is 0 Å². The van der Waals surface area contributed by atoms with Crippen molar-refractivity contribution >= 4 is 5.91 Å². The van der Waals surface area contributed by atoms with Gasteiger partial charge in [-0.3, -0.25) is 19.3 Å². The maximum absolute atomic E-state index is 13.8. The monoisotopic (exact) mass is 455 g/mol. The topological polar surface area (TPSA) is 75.0 Å². The highest BCUT2D eigenvalue weighted by Gasteiger charge is 2.48. The molecule has 7 nitrogen and oxygen atoms in total. The molecule has 0 radical (unpaired) electrons. The second kappa shape index (κ2) is 7.80. The van der Waals surface area contributed by atoms with Crippen LogP contribution in [0.5, 0.6) is 11.5 Å². The van der Waals surface area contributed by atoms with Gasteiger partial charge in [0.25, 0.3) is 5.91 Å². The van der Waals surface area contributed by atoms with Gasteiger partial charge < -0.3 is 14.7 Å². The summed E-state index contributed by atoms with van der Waals surface area (Å²) in [6, 6.07) is 18.9. The number of hydrogen-bond donors (Lipinski definition) is 1. The zero-order chi connectivity index (χ0) is 23.3. The van der Waals surface area contributed by atoms with E-state index in [1.54, 1.807) is 10.9 Å². The fraction of sp³-hybridized carbons (Fsp3) is 0.259. The van der Waals surface area contributed by atoms with E-state index in [2.05, 4.69) is 6.08 Å². The highest BCUT2D eigenvalue weighted by molar-refractivity contribution is 5.97. The summed E-state index contributed by atoms with van der Waals surface area (Å²) in [4.78, 5) is 28.0. The minimum absolute atomic E-state index is 0.00278. The number of ether oxygens (including phenoxy) is 1. The average molecular weight is 456 g/mol. The number of aromatic hydroxyl groups is 1. The molecule has 1 saturated carbocycles. The van der Waals surface area contributed by atoms with Crippen molar-refractivity contribution in [2.24, 2.45) is 0 Å². The fourth-order valence-electron chi connectivity index (χ4n) is 5.34. The van der Waals surface area contributed by atoms with Gasteiger partial charge in [-0.2, -0.15) is 0 Å². The van der Waals surface area contributed by atoms with E-state index in [0.717, 1.165) is 36.1 Å². The number of fused-ring (bicyclic) bond motifs is 6. The number of rotatable bonds is 1. The summed E-state index contributed by atoms with van der Waals surface area (Å²) in [5.41, 5.74) is 0.901. The number of carbonyl (C=O) groups excluding carboxylic acids is 1. The summed E-state index contributed by atoms with van der Waals surface area (Å²) in [6.45, 7) is 0.685. The molecule has 6 rings (SSSR count). The van der Waals surface area contributed by atoms with Crippen LogP contribution >= 0.6 is 0 Å². The molecule has 0 unspecified atom stereocenters. The van der Waals surface area contributed by atoms with E-state index in [0.29, 0.717) is 13.3 Å². The van der Waals surface area contributed by atoms with Crippen LogP contribution in [-0.2, 0) is 0 Å². The second-order valence-electron chi connectivity index (χ2n) is 9.06. The predicted molar refractivity (Wildman–Crippen MR) is 128 cm³/mol. The number of pyridine rings is 1. The van der Waals surface area contributed by atoms with E-state index in [-0.39, 0.29) is 17.6 Å². The molecule has 1 aromatic heterocycles. The van der Waals surface area contributed by atoms with Crippen LogP contribution in [0.1, 0.15) is 46.9 Å². The number of para-hydroxylation sites is 1. The predicted octanol–water partition coefficient (Wildman–Crippen LogP) is 3.57. The van der Waals surface area contributed by atoms with Crippen molar-refractivity contribution in [2.45, 2.75) is 30.8 Å². The van der Waals surface area contributed by atoms with Crippen molar-refractivity contribution in [3.63, 3.8) is 0 Å². The third-order valence-electron chi connectivity index (χ3n) is 7.21. The van der Waals surface area contributed by atoms with Crippen molar-refractivity contribution < 1.29 is 14.6 Å². The number of benzene rings is 2. The molecule has 3 aromatic rings. The lowest BCUT2D eigenvalue weighted by atomic mass is 9.74. The first-order valence-electron chi connectivity index (χ1n) is 11.6. The molecular formula is C27H25N3O4. The number of carbonyl (C=O) groups is 1. The lowest BCUT2D eigenvalue weighted by Gasteiger charge is -2.53. The Labute approximate surface area is 197 Å². The lowest BCUT2D eigenvalue weighted by molar-refractivity contribution is 0.0255. The molecule has 0 saturated heterocycles. The van der Waals surface area contributed by atoms with E-state index in [9.17, 15) is 14.7 Å². The van der Waals surface area contributed by atoms with Gasteiger partial charge >= 0.3 is 0 Å². The Morgan fingerprint density at radius 3 is 2.50 bits per heavy atom. The fourth-order valence-corrected chi connectivity index (χ4v) is 5.34. The van der Waals surface area contributed by atoms with Crippen LogP contribution in [0.2, 0.25) is 0 Å². The van der Waals surface area contributed by atoms with Gasteiger partial charge in [-0.05, 0) is 37.0 Å². The molecule has 1 amide bonds. The van der Waals surface area contributed by atoms with E-state index in [1.807, 2.05) is 70.6 Å². The quantitative estimate of drug-likeness (QED) is 0.568. The zero-order valence-electron chi connectivity index (χ0n) is 18.6. The molecule has 2 aliphatic heterocycles. The Balaban J connectivity index is 1.65. The van der Waals surface area contributed by atoms with Crippen LogP contribution < -0.4 is 15.2 Å². The second-order valence-corrected chi connectivity index (χ2v) is 9.06. The first-order valence-corrected chi connectivity index (χ1v) is 11.6. The molecule has 1 fully saturated rings. The van der Waals surface area contributed by atoms with Crippen molar-refractivity contribution in [2.75, 3.05) is 18.3 Å². The summed E-state index contributed by atoms with van der Waals surface area (Å²) >= 11 is 0. The minimum Gasteiger partial charge on any atom is -0.502 e. The molecule has 3 heterocycles. The van der Waals surface area contributed by atoms with Gasteiger partial charge in [0.05, 0.1) is 5.54 Å². The Kier molecular flexibility index (Phi) is 4.72. The van der Waals surface area contributed by atoms with Crippen LogP contribution in [-0.4, -0.2) is 39.4 Å². The maximum Gasteiger partial charge on any atom is 0.278 e. The summed E-state index contributed by atoms with van der Waals surface area (Å²) in [7, 11) is 0. The molecule has 172 valence electrons. The third kappa shape index (κ3) is 3.04. The largest absolute Gasteiger partial charge is 0.502 e. The van der Waals surface area contributed by atoms with Gasteiger partial charge in [0, 0.05) is 17.8 Å². The summed E-state index contributed by atoms with van der Waals surface area (Å²) < 4.78 is 7.85. The number of nitrogens with zero attached hydrogens (tertiary/aromatic N) is 3. The number of hydrogen-bond acceptors (Lipinski definition) is 5. The Hall–Kier alpha value is -4.00. The first kappa shape index (κ1) is 20.6. The van der Waals surface area contributed by atoms with E-state index in [4.69, 9.17) is 4.74 Å². The molecule has 7 heteroatoms. The van der Waals surface area contributed by atoms with Gasteiger partial charge in [0.15, 0.2) is 11.4 Å². The summed E-state index contributed by atoms with van der Waals surface area (Å²) in [6.07, 6.45) is 8.27. The minimum atomic E-state index is -0.566. The normalized spacial score (nSPS) is 21.5. The van der Waals surface area contributed by atoms with Gasteiger partial charge in [-0.25, -0.2) is 0 Å². The highest BCUT2D eigenvalue weighted by atomic mass is 16.5. The van der Waals surface area contributed by atoms with Crippen molar-refractivity contribution in [3.8, 4) is 11.5 Å². The summed E-state index contributed by atoms with van der Waals surface area (Å²) in [5, 5.41) is 12.8. The molecule has 34 heavy (non-hydrogen) atoms. The number of aromatic nitrogens is 1. The SMILES string of the molecule is O=C1c2c(O)c(=O)ccn2N2CN1C1(/C=C\COc3ccccc3[C@@H]2c2ccccc2)CCC1. The van der Waals surface area contributed by atoms with E-state index in [1.165, 1.54) is 6.07 Å². The van der Waals surface area contributed by atoms with Crippen molar-refractivity contribution in [3.05, 3.63) is 106 Å². The van der Waals surface area contributed by atoms with Gasteiger partial charge in [-0.1, -0.05) is 54.6 Å². The van der Waals surface area contributed by atoms with E-state index >= 15 is 0 Å². The first-order chi connectivity index (χ1) is 16.6. The molecule has 1 aliphatic carbocycles. The standard InChI is InChI=1S/C27H25N3O4/c31-21-12-16-29-24(25(21)32)26(33)28-18-30(29)23(19-8-2-1-3-9-19)20-10-4-5-11-22(20)34-17-7-15-27(28)13-6-14-27/h1-5,7-12,15-16,23,32H,6,13-14,17-18H2/b15-7-/t23-/m0/s1. The molecule has 1 spiro atoms. The van der Waals surface area contributed by atoms with Gasteiger partial charge in [0.2, 0.25) is 5.43 Å². The lowest BCUT2D eigenvalue weighted by Crippen LogP contribution is -2.64. The highest BCUT2D eigenvalue weighted by Crippen LogP contribution is 2.44. The molecule has 1 atom stereocenters. The molecular weight excluding hydrogens is 430 g/mol. The van der Waals surface area contributed by atoms with Crippen LogP contribution in [0.15, 0.2) is 83.8 Å². The van der Waals surface area contributed by atoms with Crippen LogP contribution in [0, 0.1) is 0 Å². The Morgan fingerprint density at radius 1 is 0.971 bits per heavy atom. The molecule has 2 bridgehead atoms. The van der Waals surface area contributed by atoms with Crippen LogP contribution in [0.4, 0.5) is 0 Å². The number of amides is 1. The molecule has 3 aliphatic rings. The summed E-state index contributed by atoms with van der Waals surface area (Å²) in [5.74, 6) is -0.108.